The minimum atomic E-state index is -0.872. The lowest BCUT2D eigenvalue weighted by Gasteiger charge is -2.10. The lowest BCUT2D eigenvalue weighted by atomic mass is 9.94. The Morgan fingerprint density at radius 1 is 1.13 bits per heavy atom. The molecule has 0 radical (unpaired) electrons. The van der Waals surface area contributed by atoms with Crippen molar-refractivity contribution in [2.24, 2.45) is 5.92 Å². The van der Waals surface area contributed by atoms with Crippen LogP contribution in [0.1, 0.15) is 58.8 Å². The van der Waals surface area contributed by atoms with E-state index in [9.17, 15) is 9.59 Å². The minimum absolute atomic E-state index is 0.00731. The van der Waals surface area contributed by atoms with E-state index < -0.39 is 5.97 Å². The van der Waals surface area contributed by atoms with Crippen LogP contribution in [0, 0.1) is 5.92 Å². The summed E-state index contributed by atoms with van der Waals surface area (Å²) < 4.78 is 0. The highest BCUT2D eigenvalue weighted by molar-refractivity contribution is 5.82. The Hall–Kier alpha value is -0.860. The zero-order valence-electron chi connectivity index (χ0n) is 9.79. The summed E-state index contributed by atoms with van der Waals surface area (Å²) in [4.78, 5) is 21.6. The molecule has 0 rings (SSSR count). The van der Waals surface area contributed by atoms with Crippen LogP contribution in [-0.4, -0.2) is 16.9 Å². The molecule has 1 unspecified atom stereocenters. The standard InChI is InChI=1S/C12H22O3/c1-3-4-5-6-7-8-11(10(2)13)9-12(14)15/h11H,3-9H2,1-2H3,(H,14,15). The van der Waals surface area contributed by atoms with Crippen molar-refractivity contribution in [2.45, 2.75) is 58.8 Å². The Bertz CT molecular complexity index is 199. The fourth-order valence-electron chi connectivity index (χ4n) is 1.65. The van der Waals surface area contributed by atoms with Gasteiger partial charge < -0.3 is 5.11 Å². The average Bonchev–Trinajstić information content (AvgIpc) is 2.15. The van der Waals surface area contributed by atoms with Gasteiger partial charge in [-0.25, -0.2) is 0 Å². The molecule has 1 N–H and O–H groups in total. The van der Waals surface area contributed by atoms with E-state index in [0.717, 1.165) is 19.3 Å². The van der Waals surface area contributed by atoms with E-state index in [4.69, 9.17) is 5.11 Å². The lowest BCUT2D eigenvalue weighted by Crippen LogP contribution is -2.15. The summed E-state index contributed by atoms with van der Waals surface area (Å²) in [5, 5.41) is 8.62. The Kier molecular flexibility index (Phi) is 7.96. The van der Waals surface area contributed by atoms with Crippen molar-refractivity contribution in [1.29, 1.82) is 0 Å². The predicted octanol–water partition coefficient (Wildman–Crippen LogP) is 3.03. The molecule has 0 spiro atoms. The van der Waals surface area contributed by atoms with Gasteiger partial charge in [0.15, 0.2) is 0 Å². The molecule has 15 heavy (non-hydrogen) atoms. The van der Waals surface area contributed by atoms with Gasteiger partial charge in [0.1, 0.15) is 5.78 Å². The number of unbranched alkanes of at least 4 members (excludes halogenated alkanes) is 4. The Labute approximate surface area is 91.9 Å². The van der Waals surface area contributed by atoms with E-state index in [2.05, 4.69) is 6.92 Å². The van der Waals surface area contributed by atoms with Crippen molar-refractivity contribution in [3.8, 4) is 0 Å². The van der Waals surface area contributed by atoms with E-state index in [0.29, 0.717) is 0 Å². The minimum Gasteiger partial charge on any atom is -0.481 e. The van der Waals surface area contributed by atoms with Crippen molar-refractivity contribution >= 4 is 11.8 Å². The summed E-state index contributed by atoms with van der Waals surface area (Å²) in [6, 6.07) is 0. The third kappa shape index (κ3) is 8.16. The molecule has 1 atom stereocenters. The third-order valence-corrected chi connectivity index (χ3v) is 2.65. The zero-order valence-corrected chi connectivity index (χ0v) is 9.79. The fourth-order valence-corrected chi connectivity index (χ4v) is 1.65. The van der Waals surface area contributed by atoms with Crippen LogP contribution in [0.2, 0.25) is 0 Å². The molecular formula is C12H22O3. The number of carbonyl (C=O) groups excluding carboxylic acids is 1. The monoisotopic (exact) mass is 214 g/mol. The number of hydrogen-bond acceptors (Lipinski definition) is 2. The molecule has 88 valence electrons. The Balaban J connectivity index is 3.67. The lowest BCUT2D eigenvalue weighted by molar-refractivity contribution is -0.140. The van der Waals surface area contributed by atoms with Gasteiger partial charge in [0.2, 0.25) is 0 Å². The number of ketones is 1. The molecule has 0 fully saturated rings. The van der Waals surface area contributed by atoms with Crippen LogP contribution >= 0.6 is 0 Å². The van der Waals surface area contributed by atoms with Gasteiger partial charge in [0.25, 0.3) is 0 Å². The van der Waals surface area contributed by atoms with Crippen molar-refractivity contribution < 1.29 is 14.7 Å². The predicted molar refractivity (Wildman–Crippen MR) is 59.8 cm³/mol. The number of aliphatic carboxylic acids is 1. The SMILES string of the molecule is CCCCCCCC(CC(=O)O)C(C)=O. The van der Waals surface area contributed by atoms with Gasteiger partial charge in [0.05, 0.1) is 6.42 Å². The molecule has 0 aliphatic heterocycles. The highest BCUT2D eigenvalue weighted by Crippen LogP contribution is 2.15. The molecule has 3 heteroatoms. The first-order valence-electron chi connectivity index (χ1n) is 5.80. The number of Topliss-reactive ketones (excluding diaryl/α,β-unsaturated/α-hetero) is 1. The first kappa shape index (κ1) is 14.1. The van der Waals surface area contributed by atoms with Crippen molar-refractivity contribution in [3.05, 3.63) is 0 Å². The van der Waals surface area contributed by atoms with Crippen LogP contribution in [0.3, 0.4) is 0 Å². The molecule has 0 saturated carbocycles. The molecule has 0 amide bonds. The normalized spacial score (nSPS) is 12.4. The first-order valence-corrected chi connectivity index (χ1v) is 5.80. The van der Waals surface area contributed by atoms with Crippen LogP contribution < -0.4 is 0 Å². The largest absolute Gasteiger partial charge is 0.481 e. The average molecular weight is 214 g/mol. The van der Waals surface area contributed by atoms with Crippen molar-refractivity contribution in [1.82, 2.24) is 0 Å². The van der Waals surface area contributed by atoms with E-state index >= 15 is 0 Å². The van der Waals surface area contributed by atoms with Gasteiger partial charge in [-0.15, -0.1) is 0 Å². The molecule has 0 aromatic rings. The van der Waals surface area contributed by atoms with Gasteiger partial charge in [-0.05, 0) is 13.3 Å². The smallest absolute Gasteiger partial charge is 0.304 e. The second-order valence-corrected chi connectivity index (χ2v) is 4.11. The van der Waals surface area contributed by atoms with E-state index in [1.165, 1.54) is 26.2 Å². The topological polar surface area (TPSA) is 54.4 Å². The zero-order chi connectivity index (χ0) is 11.7. The number of carboxylic acid groups (broad SMARTS) is 1. The Morgan fingerprint density at radius 2 is 1.73 bits per heavy atom. The maximum Gasteiger partial charge on any atom is 0.304 e. The second kappa shape index (κ2) is 8.45. The van der Waals surface area contributed by atoms with Crippen molar-refractivity contribution in [2.75, 3.05) is 0 Å². The summed E-state index contributed by atoms with van der Waals surface area (Å²) in [5.74, 6) is -1.14. The van der Waals surface area contributed by atoms with E-state index in [1.807, 2.05) is 0 Å². The molecular weight excluding hydrogens is 192 g/mol. The van der Waals surface area contributed by atoms with Crippen LogP contribution in [0.15, 0.2) is 0 Å². The molecule has 0 aromatic carbocycles. The third-order valence-electron chi connectivity index (χ3n) is 2.65. The summed E-state index contributed by atoms with van der Waals surface area (Å²) in [7, 11) is 0. The molecule has 0 aliphatic rings. The van der Waals surface area contributed by atoms with Gasteiger partial charge in [0, 0.05) is 5.92 Å². The number of carboxylic acids is 1. The Morgan fingerprint density at radius 3 is 2.20 bits per heavy atom. The quantitative estimate of drug-likeness (QED) is 0.600. The number of hydrogen-bond donors (Lipinski definition) is 1. The van der Waals surface area contributed by atoms with Gasteiger partial charge in [-0.2, -0.15) is 0 Å². The van der Waals surface area contributed by atoms with Gasteiger partial charge >= 0.3 is 5.97 Å². The van der Waals surface area contributed by atoms with E-state index in [1.54, 1.807) is 0 Å². The van der Waals surface area contributed by atoms with E-state index in [-0.39, 0.29) is 18.1 Å². The maximum atomic E-state index is 11.1. The molecule has 3 nitrogen and oxygen atoms in total. The van der Waals surface area contributed by atoms with Crippen LogP contribution in [0.5, 0.6) is 0 Å². The van der Waals surface area contributed by atoms with Gasteiger partial charge in [-0.1, -0.05) is 39.0 Å². The number of rotatable bonds is 9. The maximum absolute atomic E-state index is 11.1. The molecule has 0 aromatic heterocycles. The summed E-state index contributed by atoms with van der Waals surface area (Å²) in [5.41, 5.74) is 0. The first-order chi connectivity index (χ1) is 7.07. The highest BCUT2D eigenvalue weighted by atomic mass is 16.4. The highest BCUT2D eigenvalue weighted by Gasteiger charge is 2.17. The molecule has 0 heterocycles. The summed E-state index contributed by atoms with van der Waals surface area (Å²) >= 11 is 0. The molecule has 0 bridgehead atoms. The fraction of sp³-hybridized carbons (Fsp3) is 0.833. The molecule has 0 saturated heterocycles. The van der Waals surface area contributed by atoms with Crippen LogP contribution in [0.4, 0.5) is 0 Å². The van der Waals surface area contributed by atoms with Crippen LogP contribution in [-0.2, 0) is 9.59 Å². The number of carbonyl (C=O) groups is 2. The summed E-state index contributed by atoms with van der Waals surface area (Å²) in [6.07, 6.45) is 6.41. The second-order valence-electron chi connectivity index (χ2n) is 4.11. The van der Waals surface area contributed by atoms with Crippen LogP contribution in [0.25, 0.3) is 0 Å². The summed E-state index contributed by atoms with van der Waals surface area (Å²) in [6.45, 7) is 3.64. The van der Waals surface area contributed by atoms with Crippen molar-refractivity contribution in [3.63, 3.8) is 0 Å². The molecule has 0 aliphatic carbocycles. The van der Waals surface area contributed by atoms with Gasteiger partial charge in [-0.3, -0.25) is 9.59 Å².